The molecule has 3 aromatic rings. The van der Waals surface area contributed by atoms with E-state index in [0.717, 1.165) is 22.3 Å². The Balaban J connectivity index is 1.60. The van der Waals surface area contributed by atoms with Gasteiger partial charge in [-0.25, -0.2) is 4.79 Å². The van der Waals surface area contributed by atoms with Gasteiger partial charge in [0.15, 0.2) is 12.4 Å². The number of amides is 2. The van der Waals surface area contributed by atoms with Gasteiger partial charge in [-0.3, -0.25) is 14.5 Å². The molecule has 1 fully saturated rings. The lowest BCUT2D eigenvalue weighted by Gasteiger charge is -2.34. The molecule has 1 aliphatic heterocycles. The van der Waals surface area contributed by atoms with E-state index in [9.17, 15) is 19.5 Å². The number of aryl methyl sites for hydroxylation is 2. The summed E-state index contributed by atoms with van der Waals surface area (Å²) < 4.78 is 11.0. The first kappa shape index (κ1) is 33.7. The van der Waals surface area contributed by atoms with Crippen LogP contribution in [0.3, 0.4) is 0 Å². The van der Waals surface area contributed by atoms with Crippen molar-refractivity contribution < 1.29 is 29.0 Å². The number of ether oxygens (including phenoxy) is 2. The number of carbonyl (C=O) groups is 3. The molecular weight excluding hydrogens is 570 g/mol. The number of rotatable bonds is 15. The van der Waals surface area contributed by atoms with Gasteiger partial charge < -0.3 is 25.6 Å². The van der Waals surface area contributed by atoms with Gasteiger partial charge in [0.2, 0.25) is 0 Å². The molecule has 2 unspecified atom stereocenters. The van der Waals surface area contributed by atoms with E-state index < -0.39 is 42.1 Å². The summed E-state index contributed by atoms with van der Waals surface area (Å²) in [7, 11) is 0. The number of cyclic esters (lactones) is 1. The van der Waals surface area contributed by atoms with Crippen molar-refractivity contribution in [1.29, 1.82) is 0 Å². The molecule has 45 heavy (non-hydrogen) atoms. The fraction of sp³-hybridized carbons (Fsp3) is 0.417. The number of nitrogens with zero attached hydrogens (tertiary/aromatic N) is 1. The van der Waals surface area contributed by atoms with Crippen LogP contribution in [0.1, 0.15) is 48.6 Å². The minimum absolute atomic E-state index is 0.0169. The van der Waals surface area contributed by atoms with Gasteiger partial charge in [-0.15, -0.1) is 0 Å². The average Bonchev–Trinajstić information content (AvgIpc) is 3.44. The van der Waals surface area contributed by atoms with Crippen LogP contribution in [0, 0.1) is 25.7 Å². The van der Waals surface area contributed by atoms with E-state index in [-0.39, 0.29) is 31.3 Å². The van der Waals surface area contributed by atoms with Crippen molar-refractivity contribution in [2.24, 2.45) is 17.6 Å². The highest BCUT2D eigenvalue weighted by molar-refractivity contribution is 5.90. The average molecular weight is 616 g/mol. The molecule has 0 aromatic heterocycles. The molecule has 3 aromatic carbocycles. The lowest BCUT2D eigenvalue weighted by Crippen LogP contribution is -2.53. The fourth-order valence-electron chi connectivity index (χ4n) is 6.08. The summed E-state index contributed by atoms with van der Waals surface area (Å²) in [5.74, 6) is -0.827. The number of nitrogens with two attached hydrogens (primary N) is 1. The van der Waals surface area contributed by atoms with Crippen LogP contribution in [0.5, 0.6) is 5.75 Å². The molecule has 0 spiro atoms. The molecule has 0 saturated carbocycles. The first-order valence-corrected chi connectivity index (χ1v) is 15.5. The molecule has 1 saturated heterocycles. The summed E-state index contributed by atoms with van der Waals surface area (Å²) in [4.78, 5) is 41.6. The van der Waals surface area contributed by atoms with Crippen molar-refractivity contribution in [2.45, 2.75) is 64.8 Å². The van der Waals surface area contributed by atoms with Gasteiger partial charge in [-0.05, 0) is 54.9 Å². The number of nitrogens with one attached hydrogen (secondary N) is 1. The highest BCUT2D eigenvalue weighted by Crippen LogP contribution is 2.28. The third-order valence-corrected chi connectivity index (χ3v) is 8.37. The van der Waals surface area contributed by atoms with E-state index in [4.69, 9.17) is 15.2 Å². The molecular formula is C36H45N3O6. The highest BCUT2D eigenvalue weighted by Gasteiger charge is 2.41. The van der Waals surface area contributed by atoms with E-state index in [0.29, 0.717) is 18.7 Å². The van der Waals surface area contributed by atoms with Crippen LogP contribution in [-0.4, -0.2) is 65.7 Å². The van der Waals surface area contributed by atoms with Crippen molar-refractivity contribution in [1.82, 2.24) is 10.2 Å². The molecule has 9 nitrogen and oxygen atoms in total. The van der Waals surface area contributed by atoms with E-state index in [1.54, 1.807) is 0 Å². The zero-order valence-corrected chi connectivity index (χ0v) is 26.5. The molecule has 1 aliphatic rings. The van der Waals surface area contributed by atoms with Crippen LogP contribution in [0.2, 0.25) is 0 Å². The standard InChI is InChI=1S/C36H45N3O6/c1-23(2)33(39-18-19-44-36(39)43)34(42)28(20-26-14-7-5-8-15-26)21-29(40)32(31(37)27-16-9-6-10-17-27)38-30(41)22-45-35-24(3)12-11-13-25(35)4/h5-17,23,28-29,31-33,40H,18-22,37H2,1-4H3,(H,38,41)/t28-,29-,31?,32+,33?/m0/s1. The summed E-state index contributed by atoms with van der Waals surface area (Å²) in [6.07, 6.45) is -1.34. The Hall–Kier alpha value is -4.21. The van der Waals surface area contributed by atoms with Crippen LogP contribution < -0.4 is 15.8 Å². The van der Waals surface area contributed by atoms with Gasteiger partial charge in [0.1, 0.15) is 12.4 Å². The topological polar surface area (TPSA) is 131 Å². The fourth-order valence-corrected chi connectivity index (χ4v) is 6.08. The van der Waals surface area contributed by atoms with Crippen LogP contribution in [0.4, 0.5) is 4.79 Å². The minimum atomic E-state index is -1.19. The van der Waals surface area contributed by atoms with Crippen LogP contribution >= 0.6 is 0 Å². The Morgan fingerprint density at radius 1 is 0.978 bits per heavy atom. The maximum absolute atomic E-state index is 14.3. The number of Topliss-reactive ketones (excluding diaryl/α,β-unsaturated/α-hetero) is 1. The summed E-state index contributed by atoms with van der Waals surface area (Å²) in [6, 6.07) is 22.1. The number of para-hydroxylation sites is 1. The first-order chi connectivity index (χ1) is 21.6. The SMILES string of the molecule is Cc1cccc(C)c1OCC(=O)N[C@@H](C(N)c1ccccc1)[C@@H](O)C[C@H](Cc1ccccc1)C(=O)C(C(C)C)N1CCOC1=O. The normalized spacial score (nSPS) is 16.4. The molecule has 4 N–H and O–H groups in total. The predicted molar refractivity (Wildman–Crippen MR) is 173 cm³/mol. The quantitative estimate of drug-likeness (QED) is 0.229. The second-order valence-corrected chi connectivity index (χ2v) is 12.1. The molecule has 0 aliphatic carbocycles. The van der Waals surface area contributed by atoms with Crippen LogP contribution in [-0.2, 0) is 20.7 Å². The van der Waals surface area contributed by atoms with Gasteiger partial charge >= 0.3 is 6.09 Å². The number of carbonyl (C=O) groups excluding carboxylic acids is 3. The maximum Gasteiger partial charge on any atom is 0.410 e. The lowest BCUT2D eigenvalue weighted by molar-refractivity contribution is -0.130. The first-order valence-electron chi connectivity index (χ1n) is 15.5. The number of aliphatic hydroxyl groups is 1. The minimum Gasteiger partial charge on any atom is -0.483 e. The summed E-state index contributed by atoms with van der Waals surface area (Å²) >= 11 is 0. The lowest BCUT2D eigenvalue weighted by atomic mass is 9.81. The Bertz CT molecular complexity index is 1410. The smallest absolute Gasteiger partial charge is 0.410 e. The third-order valence-electron chi connectivity index (χ3n) is 8.37. The number of aliphatic hydroxyl groups excluding tert-OH is 1. The molecule has 2 amide bonds. The van der Waals surface area contributed by atoms with Crippen molar-refractivity contribution in [3.63, 3.8) is 0 Å². The number of benzene rings is 3. The zero-order chi connectivity index (χ0) is 32.5. The van der Waals surface area contributed by atoms with E-state index in [2.05, 4.69) is 5.32 Å². The molecule has 9 heteroatoms. The second-order valence-electron chi connectivity index (χ2n) is 12.1. The second kappa shape index (κ2) is 15.7. The van der Waals surface area contributed by atoms with Gasteiger partial charge in [0.05, 0.1) is 30.8 Å². The Kier molecular flexibility index (Phi) is 11.7. The molecule has 5 atom stereocenters. The third kappa shape index (κ3) is 8.71. The largest absolute Gasteiger partial charge is 0.483 e. The Morgan fingerprint density at radius 2 is 1.60 bits per heavy atom. The molecule has 0 bridgehead atoms. The molecule has 1 heterocycles. The summed E-state index contributed by atoms with van der Waals surface area (Å²) in [5.41, 5.74) is 10.2. The number of ketones is 1. The Labute approximate surface area is 265 Å². The molecule has 4 rings (SSSR count). The van der Waals surface area contributed by atoms with Crippen molar-refractivity contribution in [2.75, 3.05) is 19.8 Å². The predicted octanol–water partition coefficient (Wildman–Crippen LogP) is 4.52. The van der Waals surface area contributed by atoms with Crippen molar-refractivity contribution >= 4 is 17.8 Å². The number of hydrogen-bond donors (Lipinski definition) is 3. The highest BCUT2D eigenvalue weighted by atomic mass is 16.6. The number of hydrogen-bond acceptors (Lipinski definition) is 7. The maximum atomic E-state index is 14.3. The van der Waals surface area contributed by atoms with E-state index >= 15 is 0 Å². The van der Waals surface area contributed by atoms with Crippen LogP contribution in [0.25, 0.3) is 0 Å². The molecule has 240 valence electrons. The van der Waals surface area contributed by atoms with Gasteiger partial charge in [0, 0.05) is 5.92 Å². The van der Waals surface area contributed by atoms with Gasteiger partial charge in [-0.1, -0.05) is 92.7 Å². The van der Waals surface area contributed by atoms with Gasteiger partial charge in [0.25, 0.3) is 5.91 Å². The van der Waals surface area contributed by atoms with Crippen molar-refractivity contribution in [3.8, 4) is 5.75 Å². The molecule has 0 radical (unpaired) electrons. The van der Waals surface area contributed by atoms with Crippen molar-refractivity contribution in [3.05, 3.63) is 101 Å². The van der Waals surface area contributed by atoms with Gasteiger partial charge in [-0.2, -0.15) is 0 Å². The summed E-state index contributed by atoms with van der Waals surface area (Å²) in [5, 5.41) is 14.7. The Morgan fingerprint density at radius 3 is 2.18 bits per heavy atom. The van der Waals surface area contributed by atoms with Crippen LogP contribution in [0.15, 0.2) is 78.9 Å². The van der Waals surface area contributed by atoms with E-state index in [1.807, 2.05) is 107 Å². The zero-order valence-electron chi connectivity index (χ0n) is 26.5. The summed E-state index contributed by atoms with van der Waals surface area (Å²) in [6.45, 7) is 7.90. The monoisotopic (exact) mass is 615 g/mol. The van der Waals surface area contributed by atoms with E-state index in [1.165, 1.54) is 4.90 Å².